The monoisotopic (exact) mass is 372 g/mol. The first kappa shape index (κ1) is 18.3. The largest absolute Gasteiger partial charge is 0.497 e. The van der Waals surface area contributed by atoms with Crippen LogP contribution >= 0.6 is 11.8 Å². The molecule has 1 amide bonds. The number of thioether (sulfide) groups is 1. The van der Waals surface area contributed by atoms with Crippen molar-refractivity contribution in [3.63, 3.8) is 0 Å². The van der Waals surface area contributed by atoms with Gasteiger partial charge in [0.2, 0.25) is 11.8 Å². The highest BCUT2D eigenvalue weighted by Gasteiger charge is 2.33. The first-order chi connectivity index (χ1) is 12.6. The van der Waals surface area contributed by atoms with E-state index in [0.29, 0.717) is 24.0 Å². The third kappa shape index (κ3) is 4.35. The summed E-state index contributed by atoms with van der Waals surface area (Å²) in [5.41, 5.74) is 0.0548. The molecule has 1 aromatic heterocycles. The number of aromatic nitrogens is 2. The van der Waals surface area contributed by atoms with Crippen LogP contribution in [0.1, 0.15) is 32.1 Å². The van der Waals surface area contributed by atoms with Crippen LogP contribution in [0, 0.1) is 11.3 Å². The third-order valence-electron chi connectivity index (χ3n) is 4.37. The van der Waals surface area contributed by atoms with Crippen molar-refractivity contribution < 1.29 is 13.9 Å². The topological polar surface area (TPSA) is 101 Å². The van der Waals surface area contributed by atoms with Crippen molar-refractivity contribution in [3.05, 3.63) is 24.3 Å². The smallest absolute Gasteiger partial charge is 0.277 e. The Morgan fingerprint density at radius 2 is 2.04 bits per heavy atom. The maximum absolute atomic E-state index is 12.2. The van der Waals surface area contributed by atoms with E-state index < -0.39 is 5.54 Å². The van der Waals surface area contributed by atoms with Crippen LogP contribution in [-0.4, -0.2) is 34.5 Å². The van der Waals surface area contributed by atoms with Gasteiger partial charge in [-0.1, -0.05) is 31.0 Å². The molecule has 0 saturated heterocycles. The minimum Gasteiger partial charge on any atom is -0.497 e. The molecule has 8 heteroatoms. The molecule has 1 saturated carbocycles. The zero-order valence-corrected chi connectivity index (χ0v) is 15.3. The lowest BCUT2D eigenvalue weighted by Gasteiger charge is -2.31. The molecule has 0 unspecified atom stereocenters. The van der Waals surface area contributed by atoms with E-state index in [1.807, 2.05) is 24.3 Å². The molecule has 1 aliphatic rings. The number of nitrogens with one attached hydrogen (secondary N) is 1. The van der Waals surface area contributed by atoms with Crippen molar-refractivity contribution >= 4 is 17.7 Å². The van der Waals surface area contributed by atoms with E-state index >= 15 is 0 Å². The van der Waals surface area contributed by atoms with E-state index in [2.05, 4.69) is 21.6 Å². The zero-order chi connectivity index (χ0) is 18.4. The van der Waals surface area contributed by atoms with Gasteiger partial charge in [-0.05, 0) is 37.1 Å². The molecule has 1 fully saturated rings. The number of amides is 1. The van der Waals surface area contributed by atoms with Gasteiger partial charge in [-0.25, -0.2) is 0 Å². The van der Waals surface area contributed by atoms with Crippen LogP contribution in [0.3, 0.4) is 0 Å². The van der Waals surface area contributed by atoms with Crippen LogP contribution in [0.5, 0.6) is 5.75 Å². The summed E-state index contributed by atoms with van der Waals surface area (Å²) in [6, 6.07) is 9.55. The maximum Gasteiger partial charge on any atom is 0.277 e. The quantitative estimate of drug-likeness (QED) is 0.777. The molecule has 0 spiro atoms. The summed E-state index contributed by atoms with van der Waals surface area (Å²) in [7, 11) is 1.60. The molecule has 1 aromatic carbocycles. The molecule has 0 aliphatic heterocycles. The second kappa shape index (κ2) is 8.23. The van der Waals surface area contributed by atoms with E-state index in [0.717, 1.165) is 42.3 Å². The van der Waals surface area contributed by atoms with Gasteiger partial charge in [0.25, 0.3) is 5.22 Å². The van der Waals surface area contributed by atoms with Crippen LogP contribution in [0.4, 0.5) is 0 Å². The zero-order valence-electron chi connectivity index (χ0n) is 14.5. The number of hydrogen-bond donors (Lipinski definition) is 1. The molecule has 26 heavy (non-hydrogen) atoms. The Kier molecular flexibility index (Phi) is 5.78. The number of ether oxygens (including phenoxy) is 1. The Labute approximate surface area is 156 Å². The summed E-state index contributed by atoms with van der Waals surface area (Å²) in [6.45, 7) is 0. The molecular formula is C18H20N4O3S. The highest BCUT2D eigenvalue weighted by Crippen LogP contribution is 2.28. The average molecular weight is 372 g/mol. The second-order valence-electron chi connectivity index (χ2n) is 6.19. The van der Waals surface area contributed by atoms with Crippen LogP contribution in [0.15, 0.2) is 33.9 Å². The lowest BCUT2D eigenvalue weighted by Crippen LogP contribution is -2.49. The summed E-state index contributed by atoms with van der Waals surface area (Å²) < 4.78 is 10.7. The molecule has 0 atom stereocenters. The average Bonchev–Trinajstić information content (AvgIpc) is 3.16. The molecule has 3 rings (SSSR count). The third-order valence-corrected chi connectivity index (χ3v) is 5.19. The normalized spacial score (nSPS) is 15.8. The summed E-state index contributed by atoms with van der Waals surface area (Å²) in [5, 5.41) is 20.6. The van der Waals surface area contributed by atoms with Gasteiger partial charge in [0.15, 0.2) is 0 Å². The van der Waals surface area contributed by atoms with Crippen LogP contribution in [-0.2, 0) is 4.79 Å². The lowest BCUT2D eigenvalue weighted by molar-refractivity contribution is -0.120. The van der Waals surface area contributed by atoms with Crippen molar-refractivity contribution in [2.75, 3.05) is 12.9 Å². The van der Waals surface area contributed by atoms with Crippen molar-refractivity contribution in [2.45, 2.75) is 42.9 Å². The molecule has 0 radical (unpaired) electrons. The van der Waals surface area contributed by atoms with E-state index in [1.165, 1.54) is 0 Å². The van der Waals surface area contributed by atoms with E-state index in [-0.39, 0.29) is 11.7 Å². The van der Waals surface area contributed by atoms with Crippen molar-refractivity contribution in [1.29, 1.82) is 5.26 Å². The van der Waals surface area contributed by atoms with Crippen molar-refractivity contribution in [1.82, 2.24) is 15.5 Å². The summed E-state index contributed by atoms with van der Waals surface area (Å²) in [5.74, 6) is 1.07. The molecule has 0 bridgehead atoms. The Balaban J connectivity index is 1.55. The van der Waals surface area contributed by atoms with Gasteiger partial charge in [-0.3, -0.25) is 4.79 Å². The molecule has 1 aliphatic carbocycles. The Morgan fingerprint density at radius 1 is 1.31 bits per heavy atom. The van der Waals surface area contributed by atoms with E-state index in [4.69, 9.17) is 9.15 Å². The van der Waals surface area contributed by atoms with Crippen LogP contribution < -0.4 is 10.1 Å². The number of rotatable bonds is 6. The lowest BCUT2D eigenvalue weighted by atomic mass is 9.83. The van der Waals surface area contributed by atoms with Crippen molar-refractivity contribution in [3.8, 4) is 23.3 Å². The van der Waals surface area contributed by atoms with Gasteiger partial charge in [0, 0.05) is 5.56 Å². The number of hydrogen-bond acceptors (Lipinski definition) is 7. The standard InChI is InChI=1S/C18H20N4O3S/c1-24-14-7-5-13(6-8-14)16-21-22-17(25-16)26-11-15(23)20-18(12-19)9-3-2-4-10-18/h5-8H,2-4,9-11H2,1H3,(H,20,23). The molecule has 1 heterocycles. The SMILES string of the molecule is COc1ccc(-c2nnc(SCC(=O)NC3(C#N)CCCCC3)o2)cc1. The highest BCUT2D eigenvalue weighted by atomic mass is 32.2. The first-order valence-corrected chi connectivity index (χ1v) is 9.46. The van der Waals surface area contributed by atoms with Gasteiger partial charge in [-0.15, -0.1) is 10.2 Å². The minimum absolute atomic E-state index is 0.133. The van der Waals surface area contributed by atoms with Crippen LogP contribution in [0.2, 0.25) is 0 Å². The number of methoxy groups -OCH3 is 1. The van der Waals surface area contributed by atoms with Gasteiger partial charge in [0.1, 0.15) is 11.3 Å². The predicted octanol–water partition coefficient (Wildman–Crippen LogP) is 3.18. The summed E-state index contributed by atoms with van der Waals surface area (Å²) in [4.78, 5) is 12.2. The number of benzene rings is 1. The Hall–Kier alpha value is -2.53. The Bertz CT molecular complexity index is 792. The number of carbonyl (C=O) groups excluding carboxylic acids is 1. The first-order valence-electron chi connectivity index (χ1n) is 8.47. The van der Waals surface area contributed by atoms with E-state index in [9.17, 15) is 10.1 Å². The van der Waals surface area contributed by atoms with Crippen molar-refractivity contribution in [2.24, 2.45) is 0 Å². The fraction of sp³-hybridized carbons (Fsp3) is 0.444. The second-order valence-corrected chi connectivity index (χ2v) is 7.12. The van der Waals surface area contributed by atoms with Gasteiger partial charge < -0.3 is 14.5 Å². The van der Waals surface area contributed by atoms with Gasteiger partial charge in [0.05, 0.1) is 18.9 Å². The maximum atomic E-state index is 12.2. The highest BCUT2D eigenvalue weighted by molar-refractivity contribution is 7.99. The molecule has 7 nitrogen and oxygen atoms in total. The number of nitriles is 1. The number of nitrogens with zero attached hydrogens (tertiary/aromatic N) is 3. The van der Waals surface area contributed by atoms with Gasteiger partial charge in [-0.2, -0.15) is 5.26 Å². The molecular weight excluding hydrogens is 352 g/mol. The van der Waals surface area contributed by atoms with Crippen LogP contribution in [0.25, 0.3) is 11.5 Å². The Morgan fingerprint density at radius 3 is 2.69 bits per heavy atom. The number of carbonyl (C=O) groups is 1. The summed E-state index contributed by atoms with van der Waals surface area (Å²) >= 11 is 1.16. The minimum atomic E-state index is -0.723. The predicted molar refractivity (Wildman–Crippen MR) is 96.6 cm³/mol. The molecule has 136 valence electrons. The summed E-state index contributed by atoms with van der Waals surface area (Å²) in [6.07, 6.45) is 4.47. The fourth-order valence-electron chi connectivity index (χ4n) is 2.97. The molecule has 2 aromatic rings. The fourth-order valence-corrected chi connectivity index (χ4v) is 3.53. The molecule has 1 N–H and O–H groups in total. The van der Waals surface area contributed by atoms with Gasteiger partial charge >= 0.3 is 0 Å². The van der Waals surface area contributed by atoms with E-state index in [1.54, 1.807) is 7.11 Å².